The summed E-state index contributed by atoms with van der Waals surface area (Å²) in [5.74, 6) is -3.34. The molecule has 5 N–H and O–H groups in total. The molecule has 0 saturated heterocycles. The lowest BCUT2D eigenvalue weighted by atomic mass is 9.92. The van der Waals surface area contributed by atoms with Gasteiger partial charge in [0, 0.05) is 59.1 Å². The minimum atomic E-state index is -1.32. The van der Waals surface area contributed by atoms with E-state index in [1.807, 2.05) is 72.0 Å². The first kappa shape index (κ1) is 61.4. The number of amides is 8. The van der Waals surface area contributed by atoms with Gasteiger partial charge in [-0.25, -0.2) is 4.79 Å². The predicted octanol–water partition coefficient (Wildman–Crippen LogP) is 3.80. The number of hydrogen-bond donors (Lipinski definition) is 4. The van der Waals surface area contributed by atoms with E-state index in [1.54, 1.807) is 27.7 Å². The lowest BCUT2D eigenvalue weighted by molar-refractivity contribution is -0.150. The van der Waals surface area contributed by atoms with Gasteiger partial charge in [-0.15, -0.1) is 11.8 Å². The lowest BCUT2D eigenvalue weighted by Gasteiger charge is -2.38. The third-order valence-electron chi connectivity index (χ3n) is 11.4. The van der Waals surface area contributed by atoms with E-state index in [2.05, 4.69) is 17.2 Å². The van der Waals surface area contributed by atoms with Crippen molar-refractivity contribution in [3.63, 3.8) is 0 Å². The Bertz CT molecular complexity index is 1610. The van der Waals surface area contributed by atoms with E-state index < -0.39 is 83.4 Å². The molecule has 0 unspecified atom stereocenters. The van der Waals surface area contributed by atoms with E-state index in [-0.39, 0.29) is 55.1 Å². The first-order valence-electron chi connectivity index (χ1n) is 22.4. The minimum Gasteiger partial charge on any atom is -0.390 e. The Morgan fingerprint density at radius 3 is 1.92 bits per heavy atom. The molecule has 0 saturated carbocycles. The molecule has 0 rings (SSSR count). The summed E-state index contributed by atoms with van der Waals surface area (Å²) in [5, 5.41) is 16.7. The third-order valence-corrected chi connectivity index (χ3v) is 12.8. The van der Waals surface area contributed by atoms with Crippen LogP contribution in [0.3, 0.4) is 0 Å². The second-order valence-corrected chi connectivity index (χ2v) is 20.4. The van der Waals surface area contributed by atoms with E-state index in [0.717, 1.165) is 4.90 Å². The first-order chi connectivity index (χ1) is 30.1. The zero-order valence-electron chi connectivity index (χ0n) is 42.3. The van der Waals surface area contributed by atoms with Crippen LogP contribution in [0.15, 0.2) is 24.3 Å². The van der Waals surface area contributed by atoms with Gasteiger partial charge < -0.3 is 45.4 Å². The van der Waals surface area contributed by atoms with Crippen LogP contribution in [0.5, 0.6) is 0 Å². The van der Waals surface area contributed by atoms with Crippen molar-refractivity contribution in [2.24, 2.45) is 23.5 Å². The van der Waals surface area contributed by atoms with Crippen LogP contribution in [0.2, 0.25) is 0 Å². The Balaban J connectivity index is 7.12. The van der Waals surface area contributed by atoms with Gasteiger partial charge in [0.25, 0.3) is 5.91 Å². The second kappa shape index (κ2) is 29.9. The SMILES string of the molecule is C=C(C[C@H](C(N)=O)N(C)C(=O)NC(=O)[C@H](CC(C)(C)OCSC)N(C)C(=O)[C@@H](CSCCN(C)C)N(C)C(=O)[C@H](CC)NC(=O)[C@H]([C@H](O)[C@H](C)C/C=C/C)N(C)C(=O)CC(C)C)C(C)C. The van der Waals surface area contributed by atoms with Crippen molar-refractivity contribution < 1.29 is 43.4 Å². The van der Waals surface area contributed by atoms with Crippen molar-refractivity contribution >= 4 is 65.0 Å². The van der Waals surface area contributed by atoms with Gasteiger partial charge >= 0.3 is 6.03 Å². The monoisotopic (exact) mass is 957 g/mol. The second-order valence-electron chi connectivity index (χ2n) is 18.5. The Hall–Kier alpha value is -3.65. The molecule has 0 aromatic carbocycles. The highest BCUT2D eigenvalue weighted by Crippen LogP contribution is 2.25. The fraction of sp³-hybridized carbons (Fsp3) is 0.761. The molecule has 19 heteroatoms. The van der Waals surface area contributed by atoms with Gasteiger partial charge in [0.15, 0.2) is 0 Å². The molecule has 7 atom stereocenters. The third kappa shape index (κ3) is 20.8. The highest BCUT2D eigenvalue weighted by molar-refractivity contribution is 7.99. The number of allylic oxidation sites excluding steroid dienone is 2. The van der Waals surface area contributed by atoms with Crippen molar-refractivity contribution in [3.8, 4) is 0 Å². The van der Waals surface area contributed by atoms with Crippen LogP contribution < -0.4 is 16.4 Å². The van der Waals surface area contributed by atoms with Crippen LogP contribution in [0.4, 0.5) is 4.79 Å². The number of aliphatic hydroxyl groups excluding tert-OH is 1. The average molecular weight is 957 g/mol. The lowest BCUT2D eigenvalue weighted by Crippen LogP contribution is -2.62. The number of aliphatic hydroxyl groups is 1. The highest BCUT2D eigenvalue weighted by Gasteiger charge is 2.42. The number of imide groups is 1. The number of nitrogens with two attached hydrogens (primary N) is 1. The van der Waals surface area contributed by atoms with Crippen LogP contribution in [0, 0.1) is 17.8 Å². The van der Waals surface area contributed by atoms with E-state index in [9.17, 15) is 38.7 Å². The number of carbonyl (C=O) groups excluding carboxylic acids is 7. The molecule has 0 aliphatic rings. The summed E-state index contributed by atoms with van der Waals surface area (Å²) in [5.41, 5.74) is 5.39. The van der Waals surface area contributed by atoms with Gasteiger partial charge in [0.2, 0.25) is 29.5 Å². The van der Waals surface area contributed by atoms with E-state index in [0.29, 0.717) is 24.3 Å². The largest absolute Gasteiger partial charge is 0.390 e. The van der Waals surface area contributed by atoms with E-state index in [1.165, 1.54) is 66.4 Å². The Morgan fingerprint density at radius 2 is 1.43 bits per heavy atom. The maximum atomic E-state index is 14.9. The molecule has 0 radical (unpaired) electrons. The van der Waals surface area contributed by atoms with Crippen molar-refractivity contribution in [1.82, 2.24) is 35.1 Å². The maximum absolute atomic E-state index is 14.9. The standard InChI is InChI=1S/C46H84N8O9S2/c1-18-20-21-31(7)39(56)38(54(16)37(55)24-29(3)4)42(59)48-33(19-2)43(60)52(14)36(27-65-23-22-50(11)12)44(61)51(13)35(26-46(9,10)63-28-64-17)41(58)49-45(62)53(15)34(40(47)57)25-32(8)30(5)6/h18,20,29-31,33-36,38-39,56H,8,19,21-28H2,1-7,9-17H3,(H2,47,57)(H,48,59)(H,49,58,62)/b20-18+/t31-,33+,34-,35+,36-,38+,39-/m1/s1. The van der Waals surface area contributed by atoms with Gasteiger partial charge in [0.1, 0.15) is 30.2 Å². The van der Waals surface area contributed by atoms with Crippen LogP contribution >= 0.6 is 23.5 Å². The van der Waals surface area contributed by atoms with Crippen LogP contribution in [0.1, 0.15) is 94.4 Å². The van der Waals surface area contributed by atoms with Crippen LogP contribution in [-0.2, 0) is 33.5 Å². The van der Waals surface area contributed by atoms with Gasteiger partial charge in [-0.1, -0.05) is 65.8 Å². The summed E-state index contributed by atoms with van der Waals surface area (Å²) in [6.45, 7) is 21.1. The summed E-state index contributed by atoms with van der Waals surface area (Å²) in [6, 6.07) is -6.96. The van der Waals surface area contributed by atoms with Crippen molar-refractivity contribution in [2.45, 2.75) is 136 Å². The van der Waals surface area contributed by atoms with E-state index in [4.69, 9.17) is 10.5 Å². The maximum Gasteiger partial charge on any atom is 0.324 e. The fourth-order valence-corrected chi connectivity index (χ4v) is 8.35. The number of nitrogens with one attached hydrogen (secondary N) is 2. The number of carbonyl (C=O) groups is 7. The highest BCUT2D eigenvalue weighted by atomic mass is 32.2. The topological polar surface area (TPSA) is 215 Å². The van der Waals surface area contributed by atoms with Crippen molar-refractivity contribution in [2.75, 3.05) is 72.5 Å². The quantitative estimate of drug-likeness (QED) is 0.0460. The molecule has 0 aromatic rings. The fourth-order valence-electron chi connectivity index (χ4n) is 6.66. The molecule has 0 aromatic heterocycles. The molecule has 0 aliphatic carbocycles. The van der Waals surface area contributed by atoms with Crippen LogP contribution in [-0.4, -0.2) is 186 Å². The molecule has 0 spiro atoms. The van der Waals surface area contributed by atoms with Gasteiger partial charge in [-0.2, -0.15) is 11.8 Å². The smallest absolute Gasteiger partial charge is 0.324 e. The summed E-state index contributed by atoms with van der Waals surface area (Å²) >= 11 is 2.84. The zero-order valence-corrected chi connectivity index (χ0v) is 43.9. The molecule has 8 amide bonds. The summed E-state index contributed by atoms with van der Waals surface area (Å²) in [6.07, 6.45) is 5.00. The number of rotatable bonds is 30. The summed E-state index contributed by atoms with van der Waals surface area (Å²) in [7, 11) is 9.52. The number of hydrogen-bond acceptors (Lipinski definition) is 12. The molecule has 0 aliphatic heterocycles. The van der Waals surface area contributed by atoms with Gasteiger partial charge in [-0.3, -0.25) is 34.1 Å². The average Bonchev–Trinajstić information content (AvgIpc) is 3.22. The zero-order chi connectivity index (χ0) is 50.5. The molecule has 17 nitrogen and oxygen atoms in total. The number of nitrogens with zero attached hydrogens (tertiary/aromatic N) is 5. The van der Waals surface area contributed by atoms with Crippen LogP contribution in [0.25, 0.3) is 0 Å². The number of urea groups is 1. The molecular weight excluding hydrogens is 873 g/mol. The number of thioether (sulfide) groups is 2. The number of likely N-dealkylation sites (N-methyl/N-ethyl adjacent to an activating group) is 4. The Morgan fingerprint density at radius 1 is 0.846 bits per heavy atom. The molecule has 65 heavy (non-hydrogen) atoms. The molecule has 0 fully saturated rings. The Labute approximate surface area is 398 Å². The number of ether oxygens (including phenoxy) is 1. The molecular formula is C46H84N8O9S2. The first-order valence-corrected chi connectivity index (χ1v) is 24.9. The molecule has 0 heterocycles. The minimum absolute atomic E-state index is 0.00383. The summed E-state index contributed by atoms with van der Waals surface area (Å²) in [4.78, 5) is 104. The van der Waals surface area contributed by atoms with Gasteiger partial charge in [0.05, 0.1) is 17.6 Å². The Kier molecular flexibility index (Phi) is 28.2. The van der Waals surface area contributed by atoms with Crippen molar-refractivity contribution in [1.29, 1.82) is 0 Å². The molecule has 0 bridgehead atoms. The van der Waals surface area contributed by atoms with Crippen molar-refractivity contribution in [3.05, 3.63) is 24.3 Å². The summed E-state index contributed by atoms with van der Waals surface area (Å²) < 4.78 is 6.05. The molecule has 374 valence electrons. The predicted molar refractivity (Wildman–Crippen MR) is 263 cm³/mol. The normalized spacial score (nSPS) is 15.1. The van der Waals surface area contributed by atoms with E-state index >= 15 is 0 Å². The number of primary amides is 1. The van der Waals surface area contributed by atoms with Gasteiger partial charge in [-0.05, 0) is 78.1 Å².